The van der Waals surface area contributed by atoms with Gasteiger partial charge >= 0.3 is 11.9 Å². The van der Waals surface area contributed by atoms with Crippen LogP contribution in [0.1, 0.15) is 19.3 Å². The number of amides is 1. The summed E-state index contributed by atoms with van der Waals surface area (Å²) in [6.45, 7) is -0.389. The van der Waals surface area contributed by atoms with E-state index in [2.05, 4.69) is 10.0 Å². The Balaban J connectivity index is 2.80. The molecule has 0 aliphatic heterocycles. The molecule has 1 atom stereocenters. The molecule has 0 spiro atoms. The fourth-order valence-corrected chi connectivity index (χ4v) is 4.86. The number of nitrogens with one attached hydrogen (secondary N) is 1. The molecule has 0 bridgehead atoms. The third kappa shape index (κ3) is 5.97. The maximum Gasteiger partial charge on any atom is 0.351 e. The first-order chi connectivity index (χ1) is 18.3. The van der Waals surface area contributed by atoms with E-state index in [0.717, 1.165) is 0 Å². The summed E-state index contributed by atoms with van der Waals surface area (Å²) in [4.78, 5) is 36.1. The number of rotatable bonds is 13. The average Bonchev–Trinajstić information content (AvgIpc) is 3.29. The first kappa shape index (κ1) is 31.5. The molecular weight excluding hydrogens is 592 g/mol. The quantitative estimate of drug-likeness (QED) is 0.0563. The molecule has 0 aliphatic carbocycles. The third-order valence-corrected chi connectivity index (χ3v) is 7.11. The number of carboxylic acids is 2. The molecule has 2 rings (SSSR count). The van der Waals surface area contributed by atoms with E-state index >= 15 is 0 Å². The van der Waals surface area contributed by atoms with Crippen molar-refractivity contribution in [2.75, 3.05) is 6.54 Å². The van der Waals surface area contributed by atoms with Crippen molar-refractivity contribution in [3.63, 3.8) is 0 Å². The third-order valence-electron chi connectivity index (χ3n) is 5.40. The van der Waals surface area contributed by atoms with E-state index in [1.807, 2.05) is 5.32 Å². The number of carboxylic acid groups (broad SMARTS) is 2. The lowest BCUT2D eigenvalue weighted by molar-refractivity contribution is -0.152. The van der Waals surface area contributed by atoms with Gasteiger partial charge in [-0.05, 0) is 12.0 Å². The Kier molecular flexibility index (Phi) is 8.82. The van der Waals surface area contributed by atoms with Crippen LogP contribution in [-0.4, -0.2) is 96.1 Å². The van der Waals surface area contributed by atoms with E-state index in [9.17, 15) is 71.0 Å². The first-order valence-electron chi connectivity index (χ1n) is 10.3. The minimum atomic E-state index is -5.38. The van der Waals surface area contributed by atoms with Crippen LogP contribution in [0.2, 0.25) is 0 Å². The predicted octanol–water partition coefficient (Wildman–Crippen LogP) is -1.06. The fraction of sp³-hybridized carbons (Fsp3) is 0.353. The molecule has 23 heteroatoms. The minimum absolute atomic E-state index is 0.139. The molecule has 21 nitrogen and oxygen atoms in total. The monoisotopic (exact) mass is 612 g/mol. The predicted molar refractivity (Wildman–Crippen MR) is 124 cm³/mol. The molecule has 0 aromatic carbocycles. The Morgan fingerprint density at radius 3 is 1.73 bits per heavy atom. The number of azide groups is 1. The zero-order chi connectivity index (χ0) is 30.8. The van der Waals surface area contributed by atoms with Crippen LogP contribution in [0.25, 0.3) is 10.4 Å². The number of aromatic nitrogens is 2. The standard InChI is InChI=1S/C17H20N6O15S2/c18-21-19-4-2-7(15(29)30)20-10(24)1-3-17(16(31)32,22-11(25)5-8(13(22)27)39(33,34)35)23-12(26)6-9(14(23)28)40(36,37)38/h5-7,25-28H,1-4H2,(H,20,24)(H,29,30)(H,31,32)(H,33,34,35)(H,36,37,38). The van der Waals surface area contributed by atoms with Crippen LogP contribution in [0.4, 0.5) is 0 Å². The number of nitrogens with zero attached hydrogens (tertiary/aromatic N) is 5. The van der Waals surface area contributed by atoms with Crippen molar-refractivity contribution < 1.29 is 71.0 Å². The zero-order valence-electron chi connectivity index (χ0n) is 19.5. The maximum absolute atomic E-state index is 12.7. The van der Waals surface area contributed by atoms with Gasteiger partial charge in [-0.25, -0.2) is 18.7 Å². The number of hydrogen-bond donors (Lipinski definition) is 9. The molecule has 0 fully saturated rings. The molecule has 0 aliphatic rings. The molecule has 40 heavy (non-hydrogen) atoms. The Bertz CT molecular complexity index is 1540. The molecule has 220 valence electrons. The second kappa shape index (κ2) is 11.2. The Morgan fingerprint density at radius 2 is 1.40 bits per heavy atom. The number of carbonyl (C=O) groups excluding carboxylic acids is 1. The fourth-order valence-electron chi connectivity index (χ4n) is 3.70. The number of hydrogen-bond acceptors (Lipinski definition) is 12. The van der Waals surface area contributed by atoms with Gasteiger partial charge in [-0.1, -0.05) is 5.11 Å². The highest BCUT2D eigenvalue weighted by Crippen LogP contribution is 2.46. The molecule has 9 N–H and O–H groups in total. The summed E-state index contributed by atoms with van der Waals surface area (Å²) in [5.41, 5.74) is 4.86. The van der Waals surface area contributed by atoms with Crippen molar-refractivity contribution in [3.05, 3.63) is 22.6 Å². The minimum Gasteiger partial charge on any atom is -0.494 e. The van der Waals surface area contributed by atoms with Gasteiger partial charge in [-0.2, -0.15) is 16.8 Å². The second-order valence-corrected chi connectivity index (χ2v) is 10.6. The smallest absolute Gasteiger partial charge is 0.351 e. The molecule has 0 radical (unpaired) electrons. The van der Waals surface area contributed by atoms with Crippen molar-refractivity contribution in [1.82, 2.24) is 14.5 Å². The summed E-state index contributed by atoms with van der Waals surface area (Å²) in [5, 5.41) is 66.2. The molecule has 0 saturated heterocycles. The molecule has 2 aromatic rings. The average molecular weight is 613 g/mol. The van der Waals surface area contributed by atoms with Crippen molar-refractivity contribution in [2.24, 2.45) is 5.11 Å². The van der Waals surface area contributed by atoms with Crippen LogP contribution in [-0.2, 0) is 40.3 Å². The summed E-state index contributed by atoms with van der Waals surface area (Å²) in [5.74, 6) is -11.6. The molecule has 1 unspecified atom stereocenters. The molecule has 2 heterocycles. The van der Waals surface area contributed by atoms with E-state index in [4.69, 9.17) is 5.53 Å². The Labute approximate surface area is 222 Å². The maximum atomic E-state index is 12.7. The van der Waals surface area contributed by atoms with Crippen molar-refractivity contribution in [1.29, 1.82) is 0 Å². The molecule has 2 aromatic heterocycles. The molecular formula is C17H20N6O15S2. The van der Waals surface area contributed by atoms with Crippen LogP contribution in [0.3, 0.4) is 0 Å². The van der Waals surface area contributed by atoms with Gasteiger partial charge in [0.25, 0.3) is 20.2 Å². The Hall–Kier alpha value is -4.70. The van der Waals surface area contributed by atoms with Gasteiger partial charge in [0.15, 0.2) is 21.6 Å². The van der Waals surface area contributed by atoms with Crippen molar-refractivity contribution in [3.8, 4) is 23.5 Å². The van der Waals surface area contributed by atoms with Gasteiger partial charge in [-0.3, -0.25) is 13.9 Å². The van der Waals surface area contributed by atoms with Gasteiger partial charge in [0.05, 0.1) is 0 Å². The normalized spacial score (nSPS) is 12.8. The van der Waals surface area contributed by atoms with Crippen molar-refractivity contribution >= 4 is 38.1 Å². The largest absolute Gasteiger partial charge is 0.494 e. The highest BCUT2D eigenvalue weighted by molar-refractivity contribution is 7.86. The number of carbonyl (C=O) groups is 3. The van der Waals surface area contributed by atoms with E-state index < -0.39 is 102 Å². The van der Waals surface area contributed by atoms with Crippen LogP contribution >= 0.6 is 0 Å². The zero-order valence-corrected chi connectivity index (χ0v) is 21.2. The number of aliphatic carboxylic acids is 2. The summed E-state index contributed by atoms with van der Waals surface area (Å²) in [7, 11) is -10.8. The van der Waals surface area contributed by atoms with E-state index in [1.165, 1.54) is 0 Å². The van der Waals surface area contributed by atoms with E-state index in [-0.39, 0.29) is 27.8 Å². The molecule has 0 saturated carbocycles. The summed E-state index contributed by atoms with van der Waals surface area (Å²) in [6, 6.07) is -1.41. The number of aromatic hydroxyl groups is 4. The van der Waals surface area contributed by atoms with Gasteiger partial charge < -0.3 is 36.0 Å². The van der Waals surface area contributed by atoms with Crippen molar-refractivity contribution in [2.45, 2.75) is 40.8 Å². The van der Waals surface area contributed by atoms with E-state index in [1.54, 1.807) is 0 Å². The van der Waals surface area contributed by atoms with Crippen LogP contribution in [0.5, 0.6) is 23.5 Å². The lowest BCUT2D eigenvalue weighted by Crippen LogP contribution is -2.49. The van der Waals surface area contributed by atoms with Gasteiger partial charge in [-0.15, -0.1) is 0 Å². The van der Waals surface area contributed by atoms with Crippen LogP contribution < -0.4 is 5.32 Å². The van der Waals surface area contributed by atoms with Gasteiger partial charge in [0, 0.05) is 36.4 Å². The SMILES string of the molecule is [N-]=[N+]=NCCC(NC(=O)CCC(C(=O)O)(n1c(O)cc(S(=O)(=O)O)c1O)n1c(O)cc(S(=O)(=O)O)c1O)C(=O)O. The summed E-state index contributed by atoms with van der Waals surface area (Å²) in [6.07, 6.45) is -2.87. The second-order valence-electron chi connectivity index (χ2n) is 7.82. The topological polar surface area (TPSA) is 352 Å². The summed E-state index contributed by atoms with van der Waals surface area (Å²) >= 11 is 0. The first-order valence-corrected chi connectivity index (χ1v) is 13.2. The van der Waals surface area contributed by atoms with Gasteiger partial charge in [0.1, 0.15) is 6.04 Å². The Morgan fingerprint density at radius 1 is 0.950 bits per heavy atom. The van der Waals surface area contributed by atoms with E-state index in [0.29, 0.717) is 0 Å². The summed E-state index contributed by atoms with van der Waals surface area (Å²) < 4.78 is 64.8. The van der Waals surface area contributed by atoms with Gasteiger partial charge in [0.2, 0.25) is 23.3 Å². The van der Waals surface area contributed by atoms with Crippen LogP contribution in [0, 0.1) is 0 Å². The molecule has 1 amide bonds. The highest BCUT2D eigenvalue weighted by atomic mass is 32.2. The van der Waals surface area contributed by atoms with Crippen LogP contribution in [0.15, 0.2) is 27.0 Å². The lowest BCUT2D eigenvalue weighted by atomic mass is 10.0. The lowest BCUT2D eigenvalue weighted by Gasteiger charge is -2.34. The highest BCUT2D eigenvalue weighted by Gasteiger charge is 2.51.